The van der Waals surface area contributed by atoms with Gasteiger partial charge in [0.25, 0.3) is 0 Å². The molecule has 0 amide bonds. The van der Waals surface area contributed by atoms with Crippen LogP contribution in [0.5, 0.6) is 0 Å². The maximum absolute atomic E-state index is 13.4. The highest BCUT2D eigenvalue weighted by atomic mass is 19.1. The van der Waals surface area contributed by atoms with Crippen molar-refractivity contribution in [2.24, 2.45) is 4.99 Å². The van der Waals surface area contributed by atoms with Crippen LogP contribution in [-0.4, -0.2) is 25.6 Å². The molecule has 18 heavy (non-hydrogen) atoms. The van der Waals surface area contributed by atoms with Crippen molar-refractivity contribution in [3.05, 3.63) is 48.3 Å². The van der Waals surface area contributed by atoms with Gasteiger partial charge in [-0.05, 0) is 25.0 Å². The van der Waals surface area contributed by atoms with Crippen LogP contribution < -0.4 is 10.6 Å². The van der Waals surface area contributed by atoms with Crippen LogP contribution in [0.4, 0.5) is 4.39 Å². The lowest BCUT2D eigenvalue weighted by Gasteiger charge is -2.09. The molecule has 0 saturated carbocycles. The normalized spacial score (nSPS) is 11.1. The Morgan fingerprint density at radius 3 is 2.83 bits per heavy atom. The quantitative estimate of drug-likeness (QED) is 0.460. The molecule has 2 N–H and O–H groups in total. The Morgan fingerprint density at radius 1 is 1.39 bits per heavy atom. The minimum absolute atomic E-state index is 0.170. The third kappa shape index (κ3) is 4.99. The summed E-state index contributed by atoms with van der Waals surface area (Å²) in [5.41, 5.74) is 0.695. The Kier molecular flexibility index (Phi) is 6.54. The first-order valence-corrected chi connectivity index (χ1v) is 6.14. The van der Waals surface area contributed by atoms with Crippen molar-refractivity contribution < 1.29 is 4.39 Å². The molecule has 0 aromatic heterocycles. The molecular weight excluding hydrogens is 229 g/mol. The number of hydrogen-bond acceptors (Lipinski definition) is 1. The van der Waals surface area contributed by atoms with Crippen LogP contribution >= 0.6 is 0 Å². The van der Waals surface area contributed by atoms with Crippen LogP contribution in [0.3, 0.4) is 0 Å². The predicted octanol–water partition coefficient (Wildman–Crippen LogP) is 2.11. The van der Waals surface area contributed by atoms with Crippen LogP contribution in [0, 0.1) is 5.82 Å². The van der Waals surface area contributed by atoms with Gasteiger partial charge in [-0.25, -0.2) is 4.39 Å². The third-order valence-corrected chi connectivity index (χ3v) is 2.37. The molecule has 1 aromatic rings. The van der Waals surface area contributed by atoms with E-state index in [0.717, 1.165) is 12.5 Å². The molecule has 0 unspecified atom stereocenters. The van der Waals surface area contributed by atoms with E-state index >= 15 is 0 Å². The number of guanidine groups is 1. The lowest BCUT2D eigenvalue weighted by Crippen LogP contribution is -2.37. The fourth-order valence-electron chi connectivity index (χ4n) is 1.50. The average molecular weight is 249 g/mol. The van der Waals surface area contributed by atoms with Gasteiger partial charge in [-0.15, -0.1) is 6.58 Å². The van der Waals surface area contributed by atoms with Crippen molar-refractivity contribution in [2.75, 3.05) is 19.6 Å². The molecule has 0 aliphatic heterocycles. The summed E-state index contributed by atoms with van der Waals surface area (Å²) in [5, 5.41) is 6.21. The summed E-state index contributed by atoms with van der Waals surface area (Å²) < 4.78 is 13.4. The molecule has 0 aliphatic carbocycles. The Labute approximate surface area is 108 Å². The van der Waals surface area contributed by atoms with Crippen molar-refractivity contribution in [3.63, 3.8) is 0 Å². The molecule has 98 valence electrons. The molecule has 3 nitrogen and oxygen atoms in total. The Bertz CT molecular complexity index is 402. The first-order valence-electron chi connectivity index (χ1n) is 6.14. The van der Waals surface area contributed by atoms with Crippen molar-refractivity contribution in [2.45, 2.75) is 13.3 Å². The zero-order valence-corrected chi connectivity index (χ0v) is 10.7. The molecule has 1 rings (SSSR count). The largest absolute Gasteiger partial charge is 0.357 e. The van der Waals surface area contributed by atoms with E-state index in [-0.39, 0.29) is 5.82 Å². The van der Waals surface area contributed by atoms with Gasteiger partial charge in [-0.2, -0.15) is 0 Å². The topological polar surface area (TPSA) is 36.4 Å². The van der Waals surface area contributed by atoms with E-state index in [4.69, 9.17) is 0 Å². The van der Waals surface area contributed by atoms with E-state index in [9.17, 15) is 4.39 Å². The minimum Gasteiger partial charge on any atom is -0.357 e. The van der Waals surface area contributed by atoms with Gasteiger partial charge in [0.05, 0.1) is 0 Å². The molecular formula is C14H20FN3. The summed E-state index contributed by atoms with van der Waals surface area (Å²) >= 11 is 0. The zero-order valence-electron chi connectivity index (χ0n) is 10.7. The van der Waals surface area contributed by atoms with E-state index < -0.39 is 0 Å². The highest BCUT2D eigenvalue weighted by Crippen LogP contribution is 2.06. The maximum Gasteiger partial charge on any atom is 0.191 e. The molecule has 1 aromatic carbocycles. The molecule has 0 radical (unpaired) electrons. The van der Waals surface area contributed by atoms with Crippen LogP contribution in [-0.2, 0) is 6.42 Å². The van der Waals surface area contributed by atoms with Crippen LogP contribution in [0.15, 0.2) is 41.9 Å². The van der Waals surface area contributed by atoms with Gasteiger partial charge in [0.15, 0.2) is 5.96 Å². The first kappa shape index (κ1) is 14.2. The SMILES string of the molecule is C=CCNC(=NCCc1ccccc1F)NCC. The molecule has 0 fully saturated rings. The number of halogens is 1. The molecule has 4 heteroatoms. The van der Waals surface area contributed by atoms with Crippen molar-refractivity contribution in [1.29, 1.82) is 0 Å². The molecule has 0 saturated heterocycles. The molecule has 0 aliphatic rings. The number of benzene rings is 1. The number of hydrogen-bond donors (Lipinski definition) is 2. The summed E-state index contributed by atoms with van der Waals surface area (Å²) in [6, 6.07) is 6.79. The highest BCUT2D eigenvalue weighted by Gasteiger charge is 2.00. The van der Waals surface area contributed by atoms with E-state index in [1.807, 2.05) is 13.0 Å². The number of nitrogens with one attached hydrogen (secondary N) is 2. The van der Waals surface area contributed by atoms with Gasteiger partial charge in [-0.3, -0.25) is 4.99 Å². The number of aliphatic imine (C=N–C) groups is 1. The second-order valence-electron chi connectivity index (χ2n) is 3.77. The molecule has 0 atom stereocenters. The number of nitrogens with zero attached hydrogens (tertiary/aromatic N) is 1. The van der Waals surface area contributed by atoms with Gasteiger partial charge < -0.3 is 10.6 Å². The monoisotopic (exact) mass is 249 g/mol. The van der Waals surface area contributed by atoms with Gasteiger partial charge >= 0.3 is 0 Å². The Balaban J connectivity index is 2.50. The van der Waals surface area contributed by atoms with E-state index in [1.165, 1.54) is 6.07 Å². The number of rotatable bonds is 6. The standard InChI is InChI=1S/C14H20FN3/c1-3-10-17-14(16-4-2)18-11-9-12-7-5-6-8-13(12)15/h3,5-8H,1,4,9-11H2,2H3,(H2,16,17,18). The van der Waals surface area contributed by atoms with E-state index in [1.54, 1.807) is 18.2 Å². The van der Waals surface area contributed by atoms with Gasteiger partial charge in [0, 0.05) is 19.6 Å². The smallest absolute Gasteiger partial charge is 0.191 e. The summed E-state index contributed by atoms with van der Waals surface area (Å²) in [7, 11) is 0. The molecule has 0 heterocycles. The van der Waals surface area contributed by atoms with Gasteiger partial charge in [0.2, 0.25) is 0 Å². The lowest BCUT2D eigenvalue weighted by atomic mass is 10.1. The predicted molar refractivity (Wildman–Crippen MR) is 74.3 cm³/mol. The summed E-state index contributed by atoms with van der Waals surface area (Å²) in [6.07, 6.45) is 2.36. The summed E-state index contributed by atoms with van der Waals surface area (Å²) in [6.45, 7) is 7.64. The van der Waals surface area contributed by atoms with Crippen LogP contribution in [0.1, 0.15) is 12.5 Å². The second kappa shape index (κ2) is 8.28. The van der Waals surface area contributed by atoms with Crippen LogP contribution in [0.25, 0.3) is 0 Å². The van der Waals surface area contributed by atoms with E-state index in [2.05, 4.69) is 22.2 Å². The third-order valence-electron chi connectivity index (χ3n) is 2.37. The fourth-order valence-corrected chi connectivity index (χ4v) is 1.50. The zero-order chi connectivity index (χ0) is 13.2. The van der Waals surface area contributed by atoms with E-state index in [0.29, 0.717) is 25.1 Å². The minimum atomic E-state index is -0.170. The Hall–Kier alpha value is -1.84. The first-order chi connectivity index (χ1) is 8.77. The fraction of sp³-hybridized carbons (Fsp3) is 0.357. The molecule has 0 bridgehead atoms. The maximum atomic E-state index is 13.4. The molecule has 0 spiro atoms. The van der Waals surface area contributed by atoms with Gasteiger partial charge in [0.1, 0.15) is 5.82 Å². The summed E-state index contributed by atoms with van der Waals surface area (Å²) in [4.78, 5) is 4.37. The average Bonchev–Trinajstić information content (AvgIpc) is 2.38. The van der Waals surface area contributed by atoms with Crippen molar-refractivity contribution in [1.82, 2.24) is 10.6 Å². The highest BCUT2D eigenvalue weighted by molar-refractivity contribution is 5.79. The van der Waals surface area contributed by atoms with Crippen molar-refractivity contribution in [3.8, 4) is 0 Å². The Morgan fingerprint density at radius 2 is 2.17 bits per heavy atom. The van der Waals surface area contributed by atoms with Gasteiger partial charge in [-0.1, -0.05) is 24.3 Å². The van der Waals surface area contributed by atoms with Crippen LogP contribution in [0.2, 0.25) is 0 Å². The second-order valence-corrected chi connectivity index (χ2v) is 3.77. The summed E-state index contributed by atoms with van der Waals surface area (Å²) in [5.74, 6) is 0.561. The van der Waals surface area contributed by atoms with Crippen molar-refractivity contribution >= 4 is 5.96 Å². The lowest BCUT2D eigenvalue weighted by molar-refractivity contribution is 0.609.